The zero-order valence-electron chi connectivity index (χ0n) is 11.9. The molecule has 0 amide bonds. The van der Waals surface area contributed by atoms with Crippen LogP contribution in [0.5, 0.6) is 0 Å². The summed E-state index contributed by atoms with van der Waals surface area (Å²) in [6.07, 6.45) is 2.08. The van der Waals surface area contributed by atoms with Crippen molar-refractivity contribution < 1.29 is 4.39 Å². The molecule has 0 spiro atoms. The van der Waals surface area contributed by atoms with Gasteiger partial charge >= 0.3 is 0 Å². The number of nitrogens with one attached hydrogen (secondary N) is 1. The Kier molecular flexibility index (Phi) is 3.76. The zero-order chi connectivity index (χ0) is 13.3. The van der Waals surface area contributed by atoms with E-state index < -0.39 is 0 Å². The van der Waals surface area contributed by atoms with Crippen molar-refractivity contribution in [2.45, 2.75) is 46.6 Å². The minimum Gasteiger partial charge on any atom is -0.309 e. The molecule has 0 aliphatic heterocycles. The maximum absolute atomic E-state index is 13.1. The summed E-state index contributed by atoms with van der Waals surface area (Å²) in [5.41, 5.74) is 2.76. The summed E-state index contributed by atoms with van der Waals surface area (Å²) < 4.78 is 13.1. The number of halogens is 1. The quantitative estimate of drug-likeness (QED) is 0.847. The second-order valence-corrected chi connectivity index (χ2v) is 6.46. The molecule has 0 aromatic heterocycles. The number of benzene rings is 1. The van der Waals surface area contributed by atoms with Crippen LogP contribution in [-0.4, -0.2) is 6.54 Å². The van der Waals surface area contributed by atoms with Gasteiger partial charge in [0.15, 0.2) is 0 Å². The molecule has 100 valence electrons. The summed E-state index contributed by atoms with van der Waals surface area (Å²) >= 11 is 0. The summed E-state index contributed by atoms with van der Waals surface area (Å²) in [7, 11) is 0. The molecule has 1 unspecified atom stereocenters. The van der Waals surface area contributed by atoms with E-state index in [-0.39, 0.29) is 5.82 Å². The molecule has 0 fully saturated rings. The third kappa shape index (κ3) is 2.74. The Labute approximate surface area is 110 Å². The van der Waals surface area contributed by atoms with Gasteiger partial charge in [0, 0.05) is 12.6 Å². The zero-order valence-corrected chi connectivity index (χ0v) is 11.9. The summed E-state index contributed by atoms with van der Waals surface area (Å²) in [6.45, 7) is 10.1. The number of fused-ring (bicyclic) bond motifs is 1. The van der Waals surface area contributed by atoms with Crippen molar-refractivity contribution in [2.24, 2.45) is 11.3 Å². The lowest BCUT2D eigenvalue weighted by Crippen LogP contribution is -2.35. The fraction of sp³-hybridized carbons (Fsp3) is 0.625. The average Bonchev–Trinajstić information content (AvgIpc) is 2.68. The molecule has 2 rings (SSSR count). The Morgan fingerprint density at radius 3 is 2.78 bits per heavy atom. The molecule has 0 radical (unpaired) electrons. The number of rotatable bonds is 4. The van der Waals surface area contributed by atoms with Gasteiger partial charge in [-0.05, 0) is 47.4 Å². The smallest absolute Gasteiger partial charge is 0.123 e. The predicted molar refractivity (Wildman–Crippen MR) is 74.1 cm³/mol. The maximum atomic E-state index is 13.1. The van der Waals surface area contributed by atoms with Crippen LogP contribution in [0.3, 0.4) is 0 Å². The average molecular weight is 249 g/mol. The van der Waals surface area contributed by atoms with Crippen molar-refractivity contribution in [1.82, 2.24) is 5.32 Å². The molecule has 1 atom stereocenters. The summed E-state index contributed by atoms with van der Waals surface area (Å²) in [5.74, 6) is 0.538. The van der Waals surface area contributed by atoms with Gasteiger partial charge in [-0.25, -0.2) is 4.39 Å². The molecule has 1 aliphatic rings. The molecular formula is C16H24FN. The topological polar surface area (TPSA) is 12.0 Å². The largest absolute Gasteiger partial charge is 0.309 e. The molecular weight excluding hydrogens is 225 g/mol. The number of hydrogen-bond acceptors (Lipinski definition) is 1. The van der Waals surface area contributed by atoms with Gasteiger partial charge in [0.1, 0.15) is 5.82 Å². The first-order valence-corrected chi connectivity index (χ1v) is 6.92. The van der Waals surface area contributed by atoms with Crippen LogP contribution in [0.15, 0.2) is 18.2 Å². The van der Waals surface area contributed by atoms with Crippen LogP contribution in [0.25, 0.3) is 0 Å². The molecule has 0 heterocycles. The Bertz CT molecular complexity index is 423. The van der Waals surface area contributed by atoms with Gasteiger partial charge in [0.05, 0.1) is 0 Å². The molecule has 1 N–H and O–H groups in total. The molecule has 2 heteroatoms. The third-order valence-electron chi connectivity index (χ3n) is 4.55. The predicted octanol–water partition coefficient (Wildman–Crippen LogP) is 4.08. The van der Waals surface area contributed by atoms with Crippen LogP contribution in [0.2, 0.25) is 0 Å². The van der Waals surface area contributed by atoms with Crippen molar-refractivity contribution in [3.8, 4) is 0 Å². The van der Waals surface area contributed by atoms with Crippen molar-refractivity contribution in [1.29, 1.82) is 0 Å². The maximum Gasteiger partial charge on any atom is 0.123 e. The highest BCUT2D eigenvalue weighted by atomic mass is 19.1. The third-order valence-corrected chi connectivity index (χ3v) is 4.55. The lowest BCUT2D eigenvalue weighted by molar-refractivity contribution is 0.228. The van der Waals surface area contributed by atoms with Gasteiger partial charge in [0.25, 0.3) is 0 Å². The Hall–Kier alpha value is -0.890. The monoisotopic (exact) mass is 249 g/mol. The minimum absolute atomic E-state index is 0.114. The van der Waals surface area contributed by atoms with Gasteiger partial charge in [-0.3, -0.25) is 0 Å². The lowest BCUT2D eigenvalue weighted by atomic mass is 9.81. The van der Waals surface area contributed by atoms with E-state index in [1.165, 1.54) is 11.1 Å². The van der Waals surface area contributed by atoms with Gasteiger partial charge in [-0.1, -0.05) is 33.8 Å². The molecule has 0 saturated carbocycles. The molecule has 1 aromatic rings. The molecule has 1 aliphatic carbocycles. The van der Waals surface area contributed by atoms with Gasteiger partial charge in [-0.2, -0.15) is 0 Å². The minimum atomic E-state index is -0.114. The van der Waals surface area contributed by atoms with E-state index in [0.717, 1.165) is 19.4 Å². The number of aryl methyl sites for hydroxylation is 1. The van der Waals surface area contributed by atoms with E-state index in [4.69, 9.17) is 0 Å². The van der Waals surface area contributed by atoms with E-state index in [2.05, 4.69) is 33.0 Å². The second-order valence-electron chi connectivity index (χ2n) is 6.46. The van der Waals surface area contributed by atoms with Gasteiger partial charge in [-0.15, -0.1) is 0 Å². The van der Waals surface area contributed by atoms with E-state index in [1.807, 2.05) is 6.07 Å². The standard InChI is InChI=1S/C16H24FN/c1-11(2)16(3,4)10-18-15-8-5-12-9-13(17)6-7-14(12)15/h6-7,9,11,15,18H,5,8,10H2,1-4H3. The van der Waals surface area contributed by atoms with Gasteiger partial charge < -0.3 is 5.32 Å². The molecule has 0 saturated heterocycles. The highest BCUT2D eigenvalue weighted by molar-refractivity contribution is 5.34. The first-order valence-electron chi connectivity index (χ1n) is 6.92. The lowest BCUT2D eigenvalue weighted by Gasteiger charge is -2.31. The fourth-order valence-electron chi connectivity index (χ4n) is 2.39. The first-order chi connectivity index (χ1) is 8.40. The molecule has 1 aromatic carbocycles. The molecule has 0 bridgehead atoms. The fourth-order valence-corrected chi connectivity index (χ4v) is 2.39. The summed E-state index contributed by atoms with van der Waals surface area (Å²) in [5, 5.41) is 3.66. The highest BCUT2D eigenvalue weighted by Crippen LogP contribution is 2.33. The summed E-state index contributed by atoms with van der Waals surface area (Å²) in [4.78, 5) is 0. The Balaban J connectivity index is 2.02. The van der Waals surface area contributed by atoms with Crippen molar-refractivity contribution in [3.63, 3.8) is 0 Å². The van der Waals surface area contributed by atoms with Crippen molar-refractivity contribution in [3.05, 3.63) is 35.1 Å². The second kappa shape index (κ2) is 5.00. The van der Waals surface area contributed by atoms with E-state index in [1.54, 1.807) is 12.1 Å². The van der Waals surface area contributed by atoms with Crippen LogP contribution in [0.1, 0.15) is 51.3 Å². The van der Waals surface area contributed by atoms with Crippen LogP contribution in [0, 0.1) is 17.2 Å². The van der Waals surface area contributed by atoms with Crippen LogP contribution < -0.4 is 5.32 Å². The van der Waals surface area contributed by atoms with E-state index in [9.17, 15) is 4.39 Å². The molecule has 18 heavy (non-hydrogen) atoms. The van der Waals surface area contributed by atoms with Gasteiger partial charge in [0.2, 0.25) is 0 Å². The van der Waals surface area contributed by atoms with Crippen LogP contribution in [0.4, 0.5) is 4.39 Å². The Morgan fingerprint density at radius 2 is 2.11 bits per heavy atom. The van der Waals surface area contributed by atoms with Crippen molar-refractivity contribution in [2.75, 3.05) is 6.54 Å². The number of hydrogen-bond donors (Lipinski definition) is 1. The van der Waals surface area contributed by atoms with E-state index in [0.29, 0.717) is 17.4 Å². The molecule has 1 nitrogen and oxygen atoms in total. The normalized spacial score (nSPS) is 19.3. The van der Waals surface area contributed by atoms with Crippen LogP contribution in [-0.2, 0) is 6.42 Å². The van der Waals surface area contributed by atoms with Crippen LogP contribution >= 0.6 is 0 Å². The Morgan fingerprint density at radius 1 is 1.39 bits per heavy atom. The van der Waals surface area contributed by atoms with Crippen molar-refractivity contribution >= 4 is 0 Å². The first kappa shape index (κ1) is 13.5. The van der Waals surface area contributed by atoms with E-state index >= 15 is 0 Å². The highest BCUT2D eigenvalue weighted by Gasteiger charge is 2.27. The SMILES string of the molecule is CC(C)C(C)(C)CNC1CCc2cc(F)ccc21. The summed E-state index contributed by atoms with van der Waals surface area (Å²) in [6, 6.07) is 5.60.